The quantitative estimate of drug-likeness (QED) is 0.178. The maximum Gasteiger partial charge on any atom is 0.143 e. The Kier molecular flexibility index (Phi) is 10.7. The predicted octanol–water partition coefficient (Wildman–Crippen LogP) is 10.9. The molecule has 0 saturated carbocycles. The van der Waals surface area contributed by atoms with Crippen LogP contribution < -0.4 is 14.8 Å². The second-order valence-corrected chi connectivity index (χ2v) is 14.0. The van der Waals surface area contributed by atoms with Crippen molar-refractivity contribution in [3.05, 3.63) is 183 Å². The first-order chi connectivity index (χ1) is 26.2. The Morgan fingerprint density at radius 3 is 2.02 bits per heavy atom. The van der Waals surface area contributed by atoms with E-state index in [4.69, 9.17) is 14.5 Å². The van der Waals surface area contributed by atoms with Crippen molar-refractivity contribution < 1.29 is 19.1 Å². The Labute approximate surface area is 316 Å². The number of Topliss-reactive ketones (excluding diaryl/α,β-unsaturated/α-hetero) is 2. The van der Waals surface area contributed by atoms with Gasteiger partial charge in [-0.2, -0.15) is 0 Å². The lowest BCUT2D eigenvalue weighted by Gasteiger charge is -2.20. The summed E-state index contributed by atoms with van der Waals surface area (Å²) < 4.78 is 11.8. The number of benzene rings is 5. The number of aryl methyl sites for hydroxylation is 4. The van der Waals surface area contributed by atoms with Crippen LogP contribution in [0.15, 0.2) is 149 Å². The van der Waals surface area contributed by atoms with Crippen LogP contribution in [0, 0.1) is 27.7 Å². The second-order valence-electron chi connectivity index (χ2n) is 14.0. The zero-order chi connectivity index (χ0) is 37.6. The molecule has 0 amide bonds. The Balaban J connectivity index is 0.000000167. The van der Waals surface area contributed by atoms with Gasteiger partial charge in [0.15, 0.2) is 0 Å². The third kappa shape index (κ3) is 8.77. The van der Waals surface area contributed by atoms with Gasteiger partial charge >= 0.3 is 0 Å². The highest BCUT2D eigenvalue weighted by molar-refractivity contribution is 6.14. The molecule has 54 heavy (non-hydrogen) atoms. The molecular weight excluding hydrogens is 669 g/mol. The smallest absolute Gasteiger partial charge is 0.143 e. The molecule has 5 aromatic rings. The predicted molar refractivity (Wildman–Crippen MR) is 215 cm³/mol. The van der Waals surface area contributed by atoms with Gasteiger partial charge in [-0.15, -0.1) is 0 Å². The zero-order valence-corrected chi connectivity index (χ0v) is 31.0. The standard InChI is InChI=1S/C24H23NO2.C24H19NO2/c2*1-16-11-19-13-20(26)15-24(25-23(19)12-17(16)2)18-7-6-10-22(14-18)27-21-8-4-3-5-9-21/h3-12,14,24-25H,13,15H2,1-2H3;3-5,8-12,14H,13,15H2,1-2H3. The van der Waals surface area contributed by atoms with Crippen LogP contribution in [0.1, 0.15) is 57.8 Å². The third-order valence-corrected chi connectivity index (χ3v) is 9.81. The van der Waals surface area contributed by atoms with Crippen LogP contribution in [0.3, 0.4) is 0 Å². The molecule has 0 bridgehead atoms. The van der Waals surface area contributed by atoms with Crippen LogP contribution in [0.2, 0.25) is 0 Å². The number of nitrogens with zero attached hydrogens (tertiary/aromatic N) is 1. The summed E-state index contributed by atoms with van der Waals surface area (Å²) in [5.74, 6) is 3.38. The van der Waals surface area contributed by atoms with E-state index >= 15 is 0 Å². The number of fused-ring (bicyclic) bond motifs is 2. The van der Waals surface area contributed by atoms with Crippen molar-refractivity contribution in [3.8, 4) is 17.2 Å². The van der Waals surface area contributed by atoms with Crippen molar-refractivity contribution in [3.63, 3.8) is 0 Å². The van der Waals surface area contributed by atoms with Crippen LogP contribution in [-0.2, 0) is 22.4 Å². The number of ketones is 2. The lowest BCUT2D eigenvalue weighted by Crippen LogP contribution is -2.13. The van der Waals surface area contributed by atoms with Crippen LogP contribution in [-0.4, -0.2) is 17.3 Å². The zero-order valence-electron chi connectivity index (χ0n) is 31.0. The molecule has 2 heterocycles. The Morgan fingerprint density at radius 2 is 1.28 bits per heavy atom. The largest absolute Gasteiger partial charge is 0.457 e. The molecule has 1 unspecified atom stereocenters. The minimum Gasteiger partial charge on any atom is -0.457 e. The van der Waals surface area contributed by atoms with E-state index in [0.29, 0.717) is 30.7 Å². The summed E-state index contributed by atoms with van der Waals surface area (Å²) in [6.07, 6.45) is 5.25. The minimum absolute atomic E-state index is 0.0554. The maximum atomic E-state index is 12.5. The number of carbonyl (C=O) groups is 2. The molecule has 268 valence electrons. The number of anilines is 1. The number of hydrogen-bond acceptors (Lipinski definition) is 6. The number of ether oxygens (including phenoxy) is 2. The molecule has 1 N–H and O–H groups in total. The molecule has 5 aromatic carbocycles. The van der Waals surface area contributed by atoms with E-state index in [1.807, 2.05) is 84.9 Å². The van der Waals surface area contributed by atoms with E-state index < -0.39 is 0 Å². The first-order valence-electron chi connectivity index (χ1n) is 18.2. The summed E-state index contributed by atoms with van der Waals surface area (Å²) in [7, 11) is 0. The van der Waals surface area contributed by atoms with E-state index in [0.717, 1.165) is 50.9 Å². The van der Waals surface area contributed by atoms with Crippen LogP contribution in [0.25, 0.3) is 0 Å². The van der Waals surface area contributed by atoms with Gasteiger partial charge < -0.3 is 14.8 Å². The van der Waals surface area contributed by atoms with E-state index in [2.05, 4.69) is 74.8 Å². The number of allylic oxidation sites excluding steroid dienone is 3. The summed E-state index contributed by atoms with van der Waals surface area (Å²) in [6.45, 7) is 8.31. The summed E-state index contributed by atoms with van der Waals surface area (Å²) >= 11 is 0. The van der Waals surface area contributed by atoms with E-state index in [-0.39, 0.29) is 24.0 Å². The van der Waals surface area contributed by atoms with Gasteiger partial charge in [-0.05, 0) is 121 Å². The van der Waals surface area contributed by atoms with Crippen molar-refractivity contribution in [1.82, 2.24) is 0 Å². The lowest BCUT2D eigenvalue weighted by molar-refractivity contribution is -0.119. The summed E-state index contributed by atoms with van der Waals surface area (Å²) in [6, 6.07) is 35.6. The number of para-hydroxylation sites is 2. The van der Waals surface area contributed by atoms with Crippen LogP contribution in [0.4, 0.5) is 11.4 Å². The van der Waals surface area contributed by atoms with Gasteiger partial charge in [0, 0.05) is 31.0 Å². The normalized spacial score (nSPS) is 15.9. The second kappa shape index (κ2) is 16.1. The van der Waals surface area contributed by atoms with Gasteiger partial charge in [0.25, 0.3) is 0 Å². The van der Waals surface area contributed by atoms with E-state index in [1.165, 1.54) is 22.3 Å². The van der Waals surface area contributed by atoms with Gasteiger partial charge in [-0.25, -0.2) is 0 Å². The third-order valence-electron chi connectivity index (χ3n) is 9.81. The van der Waals surface area contributed by atoms with Crippen molar-refractivity contribution in [1.29, 1.82) is 0 Å². The van der Waals surface area contributed by atoms with Gasteiger partial charge in [0.05, 0.1) is 29.4 Å². The monoisotopic (exact) mass is 710 g/mol. The minimum atomic E-state index is -0.0554. The first-order valence-corrected chi connectivity index (χ1v) is 18.2. The molecule has 3 aliphatic rings. The number of aliphatic imine (C=N–C) groups is 1. The van der Waals surface area contributed by atoms with E-state index in [9.17, 15) is 9.59 Å². The SMILES string of the molecule is Cc1cc2c(cc1C)N=C(C1=C=C=CC(Oc3ccccc3)=C1)CC(=O)C2.Cc1cc2c(cc1C)NC(c1cccc(Oc3ccccc3)c1)CC(=O)C2. The molecule has 8 rings (SSSR count). The van der Waals surface area contributed by atoms with Crippen LogP contribution >= 0.6 is 0 Å². The molecule has 1 aliphatic carbocycles. The average molecular weight is 711 g/mol. The number of carbonyl (C=O) groups excluding carboxylic acids is 2. The van der Waals surface area contributed by atoms with Crippen LogP contribution in [0.5, 0.6) is 17.2 Å². The molecular formula is C48H42N2O4. The topological polar surface area (TPSA) is 77.0 Å². The Hall–Kier alpha value is -6.45. The van der Waals surface area contributed by atoms with Crippen molar-refractivity contribution in [2.45, 2.75) is 59.4 Å². The molecule has 6 heteroatoms. The fraction of sp³-hybridized carbons (Fsp3) is 0.188. The summed E-state index contributed by atoms with van der Waals surface area (Å²) in [5.41, 5.74) is 17.4. The molecule has 0 aromatic heterocycles. The number of rotatable bonds is 6. The number of nitrogens with one attached hydrogen (secondary N) is 1. The van der Waals surface area contributed by atoms with Gasteiger partial charge in [0.2, 0.25) is 0 Å². The highest BCUT2D eigenvalue weighted by Crippen LogP contribution is 2.34. The fourth-order valence-corrected chi connectivity index (χ4v) is 6.68. The van der Waals surface area contributed by atoms with Crippen molar-refractivity contribution in [2.75, 3.05) is 5.32 Å². The van der Waals surface area contributed by atoms with Gasteiger partial charge in [-0.3, -0.25) is 14.6 Å². The molecule has 6 nitrogen and oxygen atoms in total. The first kappa shape index (κ1) is 35.9. The molecule has 0 radical (unpaired) electrons. The van der Waals surface area contributed by atoms with E-state index in [1.54, 1.807) is 6.08 Å². The van der Waals surface area contributed by atoms with Gasteiger partial charge in [-0.1, -0.05) is 72.1 Å². The number of hydrogen-bond donors (Lipinski definition) is 1. The highest BCUT2D eigenvalue weighted by Gasteiger charge is 2.24. The van der Waals surface area contributed by atoms with Gasteiger partial charge in [0.1, 0.15) is 34.6 Å². The summed E-state index contributed by atoms with van der Waals surface area (Å²) in [4.78, 5) is 29.8. The Bertz CT molecular complexity index is 2410. The fourth-order valence-electron chi connectivity index (χ4n) is 6.68. The molecule has 0 spiro atoms. The average Bonchev–Trinajstić information content (AvgIpc) is 3.43. The molecule has 1 atom stereocenters. The van der Waals surface area contributed by atoms with Crippen molar-refractivity contribution >= 4 is 28.7 Å². The molecule has 0 saturated heterocycles. The maximum absolute atomic E-state index is 12.5. The highest BCUT2D eigenvalue weighted by atomic mass is 16.5. The Morgan fingerprint density at radius 1 is 0.648 bits per heavy atom. The lowest BCUT2D eigenvalue weighted by atomic mass is 9.99. The molecule has 0 fully saturated rings. The summed E-state index contributed by atoms with van der Waals surface area (Å²) in [5, 5.41) is 3.59. The molecule has 2 aliphatic heterocycles. The van der Waals surface area contributed by atoms with Crippen molar-refractivity contribution in [2.24, 2.45) is 4.99 Å².